The molecule has 0 saturated heterocycles. The van der Waals surface area contributed by atoms with Crippen LogP contribution in [-0.4, -0.2) is 6.18 Å². The van der Waals surface area contributed by atoms with Crippen molar-refractivity contribution >= 4 is 11.4 Å². The second-order valence-corrected chi connectivity index (χ2v) is 9.01. The van der Waals surface area contributed by atoms with Crippen LogP contribution in [0.4, 0.5) is 24.5 Å². The van der Waals surface area contributed by atoms with Gasteiger partial charge in [0.15, 0.2) is 0 Å². The van der Waals surface area contributed by atoms with Gasteiger partial charge < -0.3 is 11.5 Å². The smallest absolute Gasteiger partial charge is 0.399 e. The van der Waals surface area contributed by atoms with Gasteiger partial charge in [0.2, 0.25) is 0 Å². The Labute approximate surface area is 205 Å². The summed E-state index contributed by atoms with van der Waals surface area (Å²) >= 11 is 0. The number of anilines is 2. The molecule has 0 amide bonds. The number of alkyl halides is 3. The lowest BCUT2D eigenvalue weighted by Gasteiger charge is -2.33. The Balaban J connectivity index is 0.000000203. The number of halogens is 3. The summed E-state index contributed by atoms with van der Waals surface area (Å²) < 4.78 is 40.9. The molecular weight excluding hydrogens is 445 g/mol. The third-order valence-electron chi connectivity index (χ3n) is 6.19. The molecule has 2 nitrogen and oxygen atoms in total. The number of rotatable bonds is 4. The van der Waals surface area contributed by atoms with Gasteiger partial charge in [0, 0.05) is 11.4 Å². The monoisotopic (exact) mass is 476 g/mol. The second-order valence-electron chi connectivity index (χ2n) is 9.01. The molecule has 1 atom stereocenters. The van der Waals surface area contributed by atoms with Gasteiger partial charge in [-0.25, -0.2) is 0 Å². The van der Waals surface area contributed by atoms with Crippen molar-refractivity contribution in [2.45, 2.75) is 38.8 Å². The van der Waals surface area contributed by atoms with Crippen LogP contribution < -0.4 is 11.5 Å². The standard InChI is InChI=1S/C16H16F3N.C14H15N/c1-11-3-5-12(6-4-11)15(2,16(17,18)19)13-7-9-14(20)10-8-13;1-11-2-4-12(5-3-11)10-13-6-8-14(15)9-7-13/h3-10H,20H2,1-2H3;2-9H,10,15H2,1H3. The van der Waals surface area contributed by atoms with E-state index in [0.29, 0.717) is 5.69 Å². The van der Waals surface area contributed by atoms with Gasteiger partial charge >= 0.3 is 6.18 Å². The van der Waals surface area contributed by atoms with E-state index in [2.05, 4.69) is 43.3 Å². The largest absolute Gasteiger partial charge is 0.402 e. The van der Waals surface area contributed by atoms with E-state index < -0.39 is 11.6 Å². The Bertz CT molecular complexity index is 1120. The van der Waals surface area contributed by atoms with Gasteiger partial charge in [0.05, 0.1) is 0 Å². The Hall–Kier alpha value is -3.73. The average molecular weight is 477 g/mol. The Kier molecular flexibility index (Phi) is 7.90. The maximum Gasteiger partial charge on any atom is 0.402 e. The predicted molar refractivity (Wildman–Crippen MR) is 139 cm³/mol. The normalized spacial score (nSPS) is 12.9. The Morgan fingerprint density at radius 2 is 0.857 bits per heavy atom. The van der Waals surface area contributed by atoms with Gasteiger partial charge in [-0.1, -0.05) is 83.9 Å². The van der Waals surface area contributed by atoms with E-state index >= 15 is 0 Å². The van der Waals surface area contributed by atoms with Crippen molar-refractivity contribution in [1.82, 2.24) is 0 Å². The van der Waals surface area contributed by atoms with E-state index in [-0.39, 0.29) is 11.1 Å². The van der Waals surface area contributed by atoms with Crippen molar-refractivity contribution in [3.63, 3.8) is 0 Å². The minimum Gasteiger partial charge on any atom is -0.399 e. The maximum absolute atomic E-state index is 13.6. The minimum atomic E-state index is -4.39. The molecule has 0 spiro atoms. The van der Waals surface area contributed by atoms with Crippen molar-refractivity contribution in [3.05, 3.63) is 130 Å². The van der Waals surface area contributed by atoms with E-state index in [1.54, 1.807) is 12.1 Å². The number of nitrogens with two attached hydrogens (primary N) is 2. The van der Waals surface area contributed by atoms with E-state index in [9.17, 15) is 13.2 Å². The average Bonchev–Trinajstić information content (AvgIpc) is 2.82. The summed E-state index contributed by atoms with van der Waals surface area (Å²) in [5, 5.41) is 0. The molecule has 0 fully saturated rings. The van der Waals surface area contributed by atoms with Crippen LogP contribution in [0.5, 0.6) is 0 Å². The van der Waals surface area contributed by atoms with Crippen LogP contribution in [0.25, 0.3) is 0 Å². The molecule has 5 heteroatoms. The molecular formula is C30H31F3N2. The van der Waals surface area contributed by atoms with Crippen LogP contribution >= 0.6 is 0 Å². The first kappa shape index (κ1) is 25.9. The molecule has 0 aliphatic heterocycles. The van der Waals surface area contributed by atoms with Gasteiger partial charge in [-0.15, -0.1) is 0 Å². The fourth-order valence-corrected chi connectivity index (χ4v) is 3.77. The van der Waals surface area contributed by atoms with Crippen LogP contribution in [0.15, 0.2) is 97.1 Å². The predicted octanol–water partition coefficient (Wildman–Crippen LogP) is 7.61. The first-order valence-corrected chi connectivity index (χ1v) is 11.4. The lowest BCUT2D eigenvalue weighted by molar-refractivity contribution is -0.173. The zero-order chi connectivity index (χ0) is 25.6. The van der Waals surface area contributed by atoms with Crippen LogP contribution in [0.2, 0.25) is 0 Å². The topological polar surface area (TPSA) is 52.0 Å². The van der Waals surface area contributed by atoms with E-state index in [1.807, 2.05) is 19.1 Å². The molecule has 182 valence electrons. The summed E-state index contributed by atoms with van der Waals surface area (Å²) in [4.78, 5) is 0. The molecule has 0 radical (unpaired) electrons. The quantitative estimate of drug-likeness (QED) is 0.298. The second kappa shape index (κ2) is 10.7. The molecule has 0 aromatic heterocycles. The fraction of sp³-hybridized carbons (Fsp3) is 0.200. The van der Waals surface area contributed by atoms with Crippen LogP contribution in [0.3, 0.4) is 0 Å². The molecule has 4 N–H and O–H groups in total. The number of nitrogen functional groups attached to an aromatic ring is 2. The molecule has 0 aliphatic carbocycles. The molecule has 4 rings (SSSR count). The number of aryl methyl sites for hydroxylation is 2. The zero-order valence-corrected chi connectivity index (χ0v) is 20.2. The maximum atomic E-state index is 13.6. The minimum absolute atomic E-state index is 0.183. The molecule has 0 saturated carbocycles. The fourth-order valence-electron chi connectivity index (χ4n) is 3.77. The summed E-state index contributed by atoms with van der Waals surface area (Å²) in [6, 6.07) is 29.0. The zero-order valence-electron chi connectivity index (χ0n) is 20.2. The number of hydrogen-bond acceptors (Lipinski definition) is 2. The highest BCUT2D eigenvalue weighted by atomic mass is 19.4. The molecule has 0 aliphatic rings. The molecule has 0 bridgehead atoms. The Morgan fingerprint density at radius 3 is 1.26 bits per heavy atom. The van der Waals surface area contributed by atoms with Crippen molar-refractivity contribution in [2.24, 2.45) is 0 Å². The Morgan fingerprint density at radius 1 is 0.543 bits per heavy atom. The summed E-state index contributed by atoms with van der Waals surface area (Å²) in [5.41, 5.74) is 15.7. The van der Waals surface area contributed by atoms with Gasteiger partial charge in [0.1, 0.15) is 5.41 Å². The van der Waals surface area contributed by atoms with E-state index in [4.69, 9.17) is 11.5 Å². The van der Waals surface area contributed by atoms with E-state index in [0.717, 1.165) is 17.7 Å². The third kappa shape index (κ3) is 6.44. The van der Waals surface area contributed by atoms with Crippen molar-refractivity contribution in [2.75, 3.05) is 11.5 Å². The summed E-state index contributed by atoms with van der Waals surface area (Å²) in [5.74, 6) is 0. The summed E-state index contributed by atoms with van der Waals surface area (Å²) in [7, 11) is 0. The van der Waals surface area contributed by atoms with Gasteiger partial charge in [-0.2, -0.15) is 13.2 Å². The van der Waals surface area contributed by atoms with Gasteiger partial charge in [-0.3, -0.25) is 0 Å². The highest BCUT2D eigenvalue weighted by Gasteiger charge is 2.53. The molecule has 1 unspecified atom stereocenters. The lowest BCUT2D eigenvalue weighted by atomic mass is 9.75. The first-order valence-electron chi connectivity index (χ1n) is 11.4. The van der Waals surface area contributed by atoms with Crippen molar-refractivity contribution < 1.29 is 13.2 Å². The van der Waals surface area contributed by atoms with Crippen LogP contribution in [0.1, 0.15) is 40.3 Å². The van der Waals surface area contributed by atoms with Crippen molar-refractivity contribution in [1.29, 1.82) is 0 Å². The number of hydrogen-bond donors (Lipinski definition) is 2. The molecule has 4 aromatic rings. The number of benzene rings is 4. The van der Waals surface area contributed by atoms with Crippen molar-refractivity contribution in [3.8, 4) is 0 Å². The highest BCUT2D eigenvalue weighted by molar-refractivity contribution is 5.47. The van der Waals surface area contributed by atoms with Gasteiger partial charge in [-0.05, 0) is 73.7 Å². The molecule has 4 aromatic carbocycles. The van der Waals surface area contributed by atoms with E-state index in [1.165, 1.54) is 60.0 Å². The van der Waals surface area contributed by atoms with Gasteiger partial charge in [0.25, 0.3) is 0 Å². The summed E-state index contributed by atoms with van der Waals surface area (Å²) in [6.45, 7) is 5.15. The highest BCUT2D eigenvalue weighted by Crippen LogP contribution is 2.46. The van der Waals surface area contributed by atoms with Crippen LogP contribution in [-0.2, 0) is 11.8 Å². The molecule has 0 heterocycles. The SMILES string of the molecule is Cc1ccc(C(C)(c2ccc(N)cc2)C(F)(F)F)cc1.Cc1ccc(Cc2ccc(N)cc2)cc1. The summed E-state index contributed by atoms with van der Waals surface area (Å²) in [6.07, 6.45) is -3.42. The lowest BCUT2D eigenvalue weighted by Crippen LogP contribution is -2.40. The molecule has 35 heavy (non-hydrogen) atoms. The first-order chi connectivity index (χ1) is 16.5. The third-order valence-corrected chi connectivity index (χ3v) is 6.19. The van der Waals surface area contributed by atoms with Crippen LogP contribution in [0, 0.1) is 13.8 Å².